The molecule has 22 heavy (non-hydrogen) atoms. The zero-order valence-corrected chi connectivity index (χ0v) is 13.2. The van der Waals surface area contributed by atoms with E-state index in [9.17, 15) is 4.48 Å². The predicted molar refractivity (Wildman–Crippen MR) is 89.2 cm³/mol. The van der Waals surface area contributed by atoms with E-state index in [1.54, 1.807) is 12.1 Å². The van der Waals surface area contributed by atoms with E-state index >= 15 is 0 Å². The Hall–Kier alpha value is -2.07. The Morgan fingerprint density at radius 1 is 1.00 bits per heavy atom. The van der Waals surface area contributed by atoms with Crippen LogP contribution >= 0.6 is 0 Å². The SMILES string of the molecule is CC1(C)CC(C)(c2ccc(N(N)F)cc2)c2cc(N)ccc21. The molecule has 116 valence electrons. The van der Waals surface area contributed by atoms with Gasteiger partial charge in [0.25, 0.3) is 0 Å². The molecule has 3 rings (SSSR count). The fourth-order valence-electron chi connectivity index (χ4n) is 3.91. The first-order valence-electron chi connectivity index (χ1n) is 7.46. The Morgan fingerprint density at radius 2 is 1.64 bits per heavy atom. The molecule has 0 heterocycles. The summed E-state index contributed by atoms with van der Waals surface area (Å²) in [4.78, 5) is 0. The summed E-state index contributed by atoms with van der Waals surface area (Å²) in [6.07, 6.45) is 0.986. The summed E-state index contributed by atoms with van der Waals surface area (Å²) in [5.74, 6) is 5.14. The lowest BCUT2D eigenvalue weighted by Crippen LogP contribution is -2.24. The summed E-state index contributed by atoms with van der Waals surface area (Å²) in [7, 11) is 0. The molecule has 1 aliphatic carbocycles. The molecule has 0 saturated heterocycles. The molecule has 0 aromatic heterocycles. The Balaban J connectivity index is 2.13. The van der Waals surface area contributed by atoms with Crippen LogP contribution in [-0.4, -0.2) is 0 Å². The molecule has 0 spiro atoms. The van der Waals surface area contributed by atoms with Gasteiger partial charge in [-0.2, -0.15) is 0 Å². The summed E-state index contributed by atoms with van der Waals surface area (Å²) in [5.41, 5.74) is 10.8. The molecule has 0 fully saturated rings. The van der Waals surface area contributed by atoms with Gasteiger partial charge >= 0.3 is 0 Å². The van der Waals surface area contributed by atoms with E-state index < -0.39 is 0 Å². The Labute approximate surface area is 130 Å². The van der Waals surface area contributed by atoms with Gasteiger partial charge in [-0.25, -0.2) is 5.84 Å². The first kappa shape index (κ1) is 14.9. The van der Waals surface area contributed by atoms with Gasteiger partial charge < -0.3 is 5.73 Å². The third-order valence-corrected chi connectivity index (χ3v) is 4.91. The maximum atomic E-state index is 13.0. The molecule has 4 N–H and O–H groups in total. The van der Waals surface area contributed by atoms with Crippen LogP contribution in [0, 0.1) is 0 Å². The average Bonchev–Trinajstić information content (AvgIpc) is 2.66. The van der Waals surface area contributed by atoms with Gasteiger partial charge in [0.05, 0.1) is 5.69 Å². The molecular formula is C18H22FN3. The number of halogens is 1. The molecule has 4 heteroatoms. The van der Waals surface area contributed by atoms with E-state index in [2.05, 4.69) is 32.9 Å². The molecule has 1 aliphatic rings. The van der Waals surface area contributed by atoms with Crippen LogP contribution in [0.15, 0.2) is 42.5 Å². The normalized spacial score (nSPS) is 22.4. The predicted octanol–water partition coefficient (Wildman–Crippen LogP) is 3.82. The van der Waals surface area contributed by atoms with E-state index in [4.69, 9.17) is 11.6 Å². The summed E-state index contributed by atoms with van der Waals surface area (Å²) in [6, 6.07) is 13.5. The molecule has 0 aliphatic heterocycles. The van der Waals surface area contributed by atoms with Gasteiger partial charge in [0.2, 0.25) is 0 Å². The first-order chi connectivity index (χ1) is 10.2. The maximum absolute atomic E-state index is 13.0. The van der Waals surface area contributed by atoms with E-state index in [1.807, 2.05) is 18.2 Å². The summed E-state index contributed by atoms with van der Waals surface area (Å²) >= 11 is 0. The number of hydrogen-bond donors (Lipinski definition) is 2. The van der Waals surface area contributed by atoms with Gasteiger partial charge in [0.15, 0.2) is 0 Å². The van der Waals surface area contributed by atoms with E-state index in [1.165, 1.54) is 11.1 Å². The lowest BCUT2D eigenvalue weighted by atomic mass is 9.75. The third-order valence-electron chi connectivity index (χ3n) is 4.91. The molecule has 2 aromatic rings. The monoisotopic (exact) mass is 299 g/mol. The lowest BCUT2D eigenvalue weighted by molar-refractivity contribution is 0.424. The van der Waals surface area contributed by atoms with Crippen LogP contribution in [0.2, 0.25) is 0 Å². The second-order valence-electron chi connectivity index (χ2n) is 7.06. The van der Waals surface area contributed by atoms with Crippen molar-refractivity contribution in [2.75, 3.05) is 11.0 Å². The quantitative estimate of drug-likeness (QED) is 0.383. The second kappa shape index (κ2) is 4.71. The standard InChI is InChI=1S/C18H22FN3/c1-17(2)11-18(3,16-10-13(20)6-9-15(16)17)12-4-7-14(8-5-12)22(19)21/h4-10H,11,20-21H2,1-3H3. The minimum atomic E-state index is -0.136. The molecule has 0 saturated carbocycles. The fourth-order valence-corrected chi connectivity index (χ4v) is 3.91. The van der Waals surface area contributed by atoms with Crippen LogP contribution in [0.5, 0.6) is 0 Å². The lowest BCUT2D eigenvalue weighted by Gasteiger charge is -2.28. The van der Waals surface area contributed by atoms with Gasteiger partial charge in [0.1, 0.15) is 0 Å². The molecule has 1 unspecified atom stereocenters. The van der Waals surface area contributed by atoms with E-state index in [0.29, 0.717) is 5.69 Å². The number of fused-ring (bicyclic) bond motifs is 1. The van der Waals surface area contributed by atoms with Crippen molar-refractivity contribution in [1.29, 1.82) is 0 Å². The number of hydrazine groups is 1. The van der Waals surface area contributed by atoms with E-state index in [-0.39, 0.29) is 16.1 Å². The molecular weight excluding hydrogens is 277 g/mol. The Bertz CT molecular complexity index is 707. The number of nitrogens with zero attached hydrogens (tertiary/aromatic N) is 1. The number of rotatable bonds is 2. The zero-order valence-electron chi connectivity index (χ0n) is 13.2. The highest BCUT2D eigenvalue weighted by atomic mass is 19.2. The Morgan fingerprint density at radius 3 is 2.23 bits per heavy atom. The topological polar surface area (TPSA) is 55.3 Å². The highest BCUT2D eigenvalue weighted by Gasteiger charge is 2.45. The van der Waals surface area contributed by atoms with Gasteiger partial charge in [-0.15, -0.1) is 5.23 Å². The minimum Gasteiger partial charge on any atom is -0.399 e. The Kier molecular flexibility index (Phi) is 3.18. The number of nitrogen functional groups attached to an aromatic ring is 1. The largest absolute Gasteiger partial charge is 0.399 e. The highest BCUT2D eigenvalue weighted by Crippen LogP contribution is 2.53. The maximum Gasteiger partial charge on any atom is 0.0872 e. The molecule has 0 bridgehead atoms. The molecule has 2 aromatic carbocycles. The minimum absolute atomic E-state index is 0.0798. The molecule has 0 radical (unpaired) electrons. The summed E-state index contributed by atoms with van der Waals surface area (Å²) in [5, 5.41) is 0.136. The summed E-state index contributed by atoms with van der Waals surface area (Å²) < 4.78 is 13.0. The van der Waals surface area contributed by atoms with Crippen molar-refractivity contribution >= 4 is 11.4 Å². The van der Waals surface area contributed by atoms with Crippen LogP contribution in [0.4, 0.5) is 15.9 Å². The van der Waals surface area contributed by atoms with Gasteiger partial charge in [-0.1, -0.05) is 43.5 Å². The van der Waals surface area contributed by atoms with Crippen molar-refractivity contribution in [2.45, 2.75) is 38.0 Å². The van der Waals surface area contributed by atoms with Gasteiger partial charge in [0, 0.05) is 11.1 Å². The number of nitrogens with two attached hydrogens (primary N) is 2. The van der Waals surface area contributed by atoms with E-state index in [0.717, 1.165) is 17.7 Å². The molecule has 3 nitrogen and oxygen atoms in total. The van der Waals surface area contributed by atoms with Crippen LogP contribution < -0.4 is 16.8 Å². The van der Waals surface area contributed by atoms with Crippen molar-refractivity contribution in [3.05, 3.63) is 59.2 Å². The van der Waals surface area contributed by atoms with Crippen molar-refractivity contribution in [2.24, 2.45) is 5.84 Å². The second-order valence-corrected chi connectivity index (χ2v) is 7.06. The smallest absolute Gasteiger partial charge is 0.0872 e. The van der Waals surface area contributed by atoms with Crippen molar-refractivity contribution < 1.29 is 4.48 Å². The van der Waals surface area contributed by atoms with Gasteiger partial charge in [-0.3, -0.25) is 0 Å². The fraction of sp³-hybridized carbons (Fsp3) is 0.333. The highest BCUT2D eigenvalue weighted by molar-refractivity contribution is 5.58. The van der Waals surface area contributed by atoms with Crippen LogP contribution in [-0.2, 0) is 10.8 Å². The average molecular weight is 299 g/mol. The molecule has 1 atom stereocenters. The third kappa shape index (κ3) is 2.15. The van der Waals surface area contributed by atoms with Gasteiger partial charge in [-0.05, 0) is 52.8 Å². The van der Waals surface area contributed by atoms with Crippen LogP contribution in [0.1, 0.15) is 43.9 Å². The number of anilines is 2. The number of hydrogen-bond acceptors (Lipinski definition) is 3. The van der Waals surface area contributed by atoms with Crippen molar-refractivity contribution in [1.82, 2.24) is 0 Å². The van der Waals surface area contributed by atoms with Crippen molar-refractivity contribution in [3.8, 4) is 0 Å². The van der Waals surface area contributed by atoms with Crippen LogP contribution in [0.3, 0.4) is 0 Å². The first-order valence-corrected chi connectivity index (χ1v) is 7.46. The number of benzene rings is 2. The summed E-state index contributed by atoms with van der Waals surface area (Å²) in [6.45, 7) is 6.74. The van der Waals surface area contributed by atoms with Crippen LogP contribution in [0.25, 0.3) is 0 Å². The van der Waals surface area contributed by atoms with Crippen molar-refractivity contribution in [3.63, 3.8) is 0 Å². The molecule has 0 amide bonds. The zero-order chi connectivity index (χ0) is 16.1.